The summed E-state index contributed by atoms with van der Waals surface area (Å²) in [6.45, 7) is 5.95. The molecule has 0 saturated carbocycles. The zero-order chi connectivity index (χ0) is 49.9. The predicted molar refractivity (Wildman–Crippen MR) is 284 cm³/mol. The van der Waals surface area contributed by atoms with Crippen LogP contribution in [0, 0.1) is 6.92 Å². The Balaban J connectivity index is 1.06. The SMILES string of the molecule is C=Cc1ccccc1-c1c(C)oc2c(N(c3ccc(C(F)(F)F)cc3)c3ccc4ccc5c(N(c6ccc(C(F)(F)F)cc6)c6cccc7c6oc6ccc8ccccc8c67)ccc6ccc3c4c65)cccc12. The molecule has 2 heterocycles. The molecule has 0 aliphatic carbocycles. The van der Waals surface area contributed by atoms with Gasteiger partial charge in [0, 0.05) is 43.9 Å². The number of hydrogen-bond acceptors (Lipinski definition) is 4. The zero-order valence-electron chi connectivity index (χ0n) is 38.7. The summed E-state index contributed by atoms with van der Waals surface area (Å²) in [6, 6.07) is 58.0. The standard InChI is InChI=1S/C63H38F6N2O2/c1-3-37-10-4-6-12-45(37)56-36(2)72-60-49(56)14-8-16-53(60)70(43-27-23-41(24-28-43)62(64,65)66)51-33-20-39-19-32-48-52(34-21-40-18-31-47(51)57(39)58(40)48)71(44-29-25-42(26-30-44)63(67,68)69)54-17-9-15-50-59-46-13-7-5-11-38(46)22-35-55(59)73-61(50)54/h3-35H,1H2,2H3. The maximum atomic E-state index is 14.1. The Morgan fingerprint density at radius 2 is 0.904 bits per heavy atom. The fourth-order valence-electron chi connectivity index (χ4n) is 10.9. The van der Waals surface area contributed by atoms with Gasteiger partial charge in [-0.15, -0.1) is 0 Å². The smallest absolute Gasteiger partial charge is 0.416 e. The largest absolute Gasteiger partial charge is 0.458 e. The Labute approximate surface area is 413 Å². The molecule has 0 saturated heterocycles. The van der Waals surface area contributed by atoms with Gasteiger partial charge >= 0.3 is 12.4 Å². The van der Waals surface area contributed by atoms with Crippen LogP contribution in [0.1, 0.15) is 22.5 Å². The van der Waals surface area contributed by atoms with Gasteiger partial charge in [0.15, 0.2) is 11.2 Å². The Morgan fingerprint density at radius 1 is 0.411 bits per heavy atom. The minimum atomic E-state index is -4.56. The van der Waals surface area contributed by atoms with Crippen LogP contribution >= 0.6 is 0 Å². The molecule has 11 aromatic carbocycles. The number of rotatable bonds is 8. The van der Waals surface area contributed by atoms with E-state index in [9.17, 15) is 26.3 Å². The van der Waals surface area contributed by atoms with Crippen molar-refractivity contribution in [3.05, 3.63) is 223 Å². The summed E-state index contributed by atoms with van der Waals surface area (Å²) in [5.41, 5.74) is 6.51. The van der Waals surface area contributed by atoms with Gasteiger partial charge in [-0.2, -0.15) is 26.3 Å². The Hall–Kier alpha value is -9.02. The lowest BCUT2D eigenvalue weighted by Gasteiger charge is -2.29. The Bertz CT molecular complexity index is 4340. The number of alkyl halides is 6. The van der Waals surface area contributed by atoms with Crippen LogP contribution in [-0.2, 0) is 12.4 Å². The van der Waals surface area contributed by atoms with Gasteiger partial charge in [-0.25, -0.2) is 0 Å². The first-order chi connectivity index (χ1) is 35.4. The lowest BCUT2D eigenvalue weighted by atomic mass is 9.91. The number of hydrogen-bond donors (Lipinski definition) is 0. The number of halogens is 6. The molecule has 13 aromatic rings. The molecule has 0 aliphatic heterocycles. The topological polar surface area (TPSA) is 32.8 Å². The molecule has 0 atom stereocenters. The number of furan rings is 2. The molecule has 0 bridgehead atoms. The molecular formula is C63H38F6N2O2. The monoisotopic (exact) mass is 968 g/mol. The summed E-state index contributed by atoms with van der Waals surface area (Å²) in [5, 5.41) is 9.85. The lowest BCUT2D eigenvalue weighted by molar-refractivity contribution is -0.138. The molecule has 10 heteroatoms. The maximum absolute atomic E-state index is 14.1. The molecule has 0 fully saturated rings. The molecule has 0 amide bonds. The van der Waals surface area contributed by atoms with Crippen LogP contribution < -0.4 is 9.80 Å². The number of fused-ring (bicyclic) bond motifs is 6. The number of nitrogens with zero attached hydrogens (tertiary/aromatic N) is 2. The van der Waals surface area contributed by atoms with Crippen molar-refractivity contribution < 1.29 is 35.2 Å². The Morgan fingerprint density at radius 3 is 1.48 bits per heavy atom. The van der Waals surface area contributed by atoms with Crippen molar-refractivity contribution in [2.24, 2.45) is 0 Å². The van der Waals surface area contributed by atoms with Gasteiger partial charge in [-0.3, -0.25) is 0 Å². The highest BCUT2D eigenvalue weighted by Crippen LogP contribution is 2.52. The maximum Gasteiger partial charge on any atom is 0.416 e. The number of benzene rings is 11. The molecular weight excluding hydrogens is 931 g/mol. The summed E-state index contributed by atoms with van der Waals surface area (Å²) in [5.74, 6) is 0.663. The molecule has 0 radical (unpaired) electrons. The molecule has 2 aromatic heterocycles. The third kappa shape index (κ3) is 6.92. The second-order valence-corrected chi connectivity index (χ2v) is 18.2. The van der Waals surface area contributed by atoms with Crippen molar-refractivity contribution >= 4 is 116 Å². The van der Waals surface area contributed by atoms with Crippen LogP contribution in [0.5, 0.6) is 0 Å². The minimum Gasteiger partial charge on any atom is -0.458 e. The average molecular weight is 969 g/mol. The second-order valence-electron chi connectivity index (χ2n) is 18.2. The van der Waals surface area contributed by atoms with Crippen molar-refractivity contribution in [1.29, 1.82) is 0 Å². The fourth-order valence-corrected chi connectivity index (χ4v) is 10.9. The van der Waals surface area contributed by atoms with Crippen LogP contribution in [0.3, 0.4) is 0 Å². The second kappa shape index (κ2) is 16.3. The molecule has 0 aliphatic rings. The van der Waals surface area contributed by atoms with Gasteiger partial charge in [-0.1, -0.05) is 128 Å². The Kier molecular flexibility index (Phi) is 9.79. The van der Waals surface area contributed by atoms with E-state index in [4.69, 9.17) is 8.83 Å². The molecule has 13 rings (SSSR count). The number of para-hydroxylation sites is 2. The third-order valence-electron chi connectivity index (χ3n) is 14.2. The summed E-state index contributed by atoms with van der Waals surface area (Å²) in [6.07, 6.45) is -7.31. The van der Waals surface area contributed by atoms with E-state index in [-0.39, 0.29) is 0 Å². The van der Waals surface area contributed by atoms with Crippen molar-refractivity contribution in [2.75, 3.05) is 9.80 Å². The predicted octanol–water partition coefficient (Wildman–Crippen LogP) is 20.0. The zero-order valence-corrected chi connectivity index (χ0v) is 38.7. The first-order valence-corrected chi connectivity index (χ1v) is 23.6. The molecule has 354 valence electrons. The van der Waals surface area contributed by atoms with Crippen molar-refractivity contribution in [2.45, 2.75) is 19.3 Å². The quantitative estimate of drug-likeness (QED) is 0.112. The molecule has 0 N–H and O–H groups in total. The first kappa shape index (κ1) is 44.0. The van der Waals surface area contributed by atoms with Crippen LogP contribution in [0.2, 0.25) is 0 Å². The van der Waals surface area contributed by atoms with E-state index in [1.54, 1.807) is 6.08 Å². The number of anilines is 6. The van der Waals surface area contributed by atoms with Gasteiger partial charge < -0.3 is 18.6 Å². The van der Waals surface area contributed by atoms with Gasteiger partial charge in [0.25, 0.3) is 0 Å². The highest BCUT2D eigenvalue weighted by atomic mass is 19.4. The van der Waals surface area contributed by atoms with Gasteiger partial charge in [0.2, 0.25) is 0 Å². The van der Waals surface area contributed by atoms with E-state index >= 15 is 0 Å². The summed E-state index contributed by atoms with van der Waals surface area (Å²) in [7, 11) is 0. The van der Waals surface area contributed by atoms with Crippen molar-refractivity contribution in [1.82, 2.24) is 0 Å². The molecule has 0 unspecified atom stereocenters. The highest BCUT2D eigenvalue weighted by molar-refractivity contribution is 6.29. The van der Waals surface area contributed by atoms with E-state index in [1.807, 2.05) is 156 Å². The van der Waals surface area contributed by atoms with E-state index in [2.05, 4.69) is 12.6 Å². The summed E-state index contributed by atoms with van der Waals surface area (Å²) < 4.78 is 98.3. The first-order valence-electron chi connectivity index (χ1n) is 23.6. The summed E-state index contributed by atoms with van der Waals surface area (Å²) >= 11 is 0. The van der Waals surface area contributed by atoms with Gasteiger partial charge in [-0.05, 0) is 129 Å². The minimum absolute atomic E-state index is 0.471. The van der Waals surface area contributed by atoms with Crippen LogP contribution in [0.25, 0.3) is 93.2 Å². The fraction of sp³-hybridized carbons (Fsp3) is 0.0476. The van der Waals surface area contributed by atoms with Crippen molar-refractivity contribution in [3.63, 3.8) is 0 Å². The van der Waals surface area contributed by atoms with E-state index < -0.39 is 23.5 Å². The summed E-state index contributed by atoms with van der Waals surface area (Å²) in [4.78, 5) is 3.90. The molecule has 4 nitrogen and oxygen atoms in total. The van der Waals surface area contributed by atoms with E-state index in [0.29, 0.717) is 56.6 Å². The third-order valence-corrected chi connectivity index (χ3v) is 14.2. The van der Waals surface area contributed by atoms with Gasteiger partial charge in [0.05, 0.1) is 33.9 Å². The van der Waals surface area contributed by atoms with Crippen molar-refractivity contribution in [3.8, 4) is 11.1 Å². The normalized spacial score (nSPS) is 12.4. The van der Waals surface area contributed by atoms with E-state index in [1.165, 1.54) is 24.3 Å². The van der Waals surface area contributed by atoms with Gasteiger partial charge in [0.1, 0.15) is 11.3 Å². The van der Waals surface area contributed by atoms with Crippen LogP contribution in [-0.4, -0.2) is 0 Å². The molecule has 73 heavy (non-hydrogen) atoms. The van der Waals surface area contributed by atoms with Crippen LogP contribution in [0.15, 0.2) is 210 Å². The number of aryl methyl sites for hydroxylation is 1. The lowest BCUT2D eigenvalue weighted by Crippen LogP contribution is -2.13. The van der Waals surface area contributed by atoms with Crippen LogP contribution in [0.4, 0.5) is 60.5 Å². The molecule has 0 spiro atoms. The highest BCUT2D eigenvalue weighted by Gasteiger charge is 2.33. The average Bonchev–Trinajstić information content (AvgIpc) is 3.97. The van der Waals surface area contributed by atoms with E-state index in [0.717, 1.165) is 100 Å².